The van der Waals surface area contributed by atoms with Gasteiger partial charge in [0, 0.05) is 37.5 Å². The zero-order valence-electron chi connectivity index (χ0n) is 15.3. The van der Waals surface area contributed by atoms with E-state index in [1.54, 1.807) is 13.0 Å². The number of carbonyl (C=O) groups is 2. The normalized spacial score (nSPS) is 17.7. The van der Waals surface area contributed by atoms with Gasteiger partial charge >= 0.3 is 6.09 Å². The van der Waals surface area contributed by atoms with Crippen LogP contribution in [0.4, 0.5) is 10.6 Å². The van der Waals surface area contributed by atoms with Crippen LogP contribution >= 0.6 is 11.6 Å². The minimum atomic E-state index is -1.08. The summed E-state index contributed by atoms with van der Waals surface area (Å²) in [7, 11) is 0. The molecule has 144 valence electrons. The highest BCUT2D eigenvalue weighted by Gasteiger charge is 2.27. The summed E-state index contributed by atoms with van der Waals surface area (Å²) in [5, 5.41) is 15.9. The van der Waals surface area contributed by atoms with Gasteiger partial charge in [-0.25, -0.2) is 9.78 Å². The Labute approximate surface area is 162 Å². The number of hydrogen-bond donors (Lipinski definition) is 3. The molecule has 0 bridgehead atoms. The van der Waals surface area contributed by atoms with E-state index in [-0.39, 0.29) is 5.91 Å². The van der Waals surface area contributed by atoms with Crippen molar-refractivity contribution in [2.24, 2.45) is 5.92 Å². The van der Waals surface area contributed by atoms with E-state index in [0.29, 0.717) is 23.0 Å². The average Bonchev–Trinajstić information content (AvgIpc) is 3.07. The molecule has 1 aromatic carbocycles. The van der Waals surface area contributed by atoms with Crippen LogP contribution < -0.4 is 15.5 Å². The van der Waals surface area contributed by atoms with Gasteiger partial charge in [0.25, 0.3) is 0 Å². The van der Waals surface area contributed by atoms with Gasteiger partial charge in [0.1, 0.15) is 5.82 Å². The highest BCUT2D eigenvalue weighted by Crippen LogP contribution is 2.33. The molecule has 2 atom stereocenters. The van der Waals surface area contributed by atoms with Crippen LogP contribution in [0.25, 0.3) is 10.9 Å². The van der Waals surface area contributed by atoms with Crippen LogP contribution in [0.5, 0.6) is 0 Å². The zero-order chi connectivity index (χ0) is 19.6. The third-order valence-electron chi connectivity index (χ3n) is 4.84. The van der Waals surface area contributed by atoms with E-state index < -0.39 is 12.1 Å². The van der Waals surface area contributed by atoms with Crippen LogP contribution in [-0.4, -0.2) is 41.7 Å². The summed E-state index contributed by atoms with van der Waals surface area (Å²) < 4.78 is 0. The number of nitrogens with one attached hydrogen (secondary N) is 2. The molecule has 1 aliphatic rings. The van der Waals surface area contributed by atoms with Crippen LogP contribution in [0.15, 0.2) is 24.3 Å². The summed E-state index contributed by atoms with van der Waals surface area (Å²) in [4.78, 5) is 29.2. The van der Waals surface area contributed by atoms with Crippen LogP contribution in [0, 0.1) is 5.92 Å². The van der Waals surface area contributed by atoms with Crippen LogP contribution in [0.1, 0.15) is 31.9 Å². The first-order chi connectivity index (χ1) is 12.8. The molecule has 0 saturated carbocycles. The highest BCUT2D eigenvalue weighted by atomic mass is 35.5. The fraction of sp³-hybridized carbons (Fsp3) is 0.421. The molecular weight excluding hydrogens is 368 g/mol. The molecule has 0 radical (unpaired) electrons. The van der Waals surface area contributed by atoms with E-state index in [1.165, 1.54) is 6.92 Å². The minimum Gasteiger partial charge on any atom is -0.465 e. The van der Waals surface area contributed by atoms with E-state index in [2.05, 4.69) is 15.5 Å². The van der Waals surface area contributed by atoms with Crippen molar-refractivity contribution in [3.05, 3.63) is 34.9 Å². The Hall–Kier alpha value is -2.54. The van der Waals surface area contributed by atoms with Gasteiger partial charge in [0.05, 0.1) is 16.6 Å². The van der Waals surface area contributed by atoms with E-state index in [0.717, 1.165) is 36.3 Å². The lowest BCUT2D eigenvalue weighted by Crippen LogP contribution is -2.31. The van der Waals surface area contributed by atoms with Crippen LogP contribution in [-0.2, 0) is 4.79 Å². The SMILES string of the molecule is CC(=O)NC[C@H]1CCN(c2nc3c(Cl)cccc3cc2[C@H](C)NC(=O)O)C1. The van der Waals surface area contributed by atoms with Crippen molar-refractivity contribution in [3.8, 4) is 0 Å². The summed E-state index contributed by atoms with van der Waals surface area (Å²) in [6, 6.07) is 7.10. The molecule has 0 unspecified atom stereocenters. The maximum absolute atomic E-state index is 11.2. The lowest BCUT2D eigenvalue weighted by atomic mass is 10.1. The summed E-state index contributed by atoms with van der Waals surface area (Å²) in [6.45, 7) is 5.47. The molecule has 2 aromatic rings. The molecule has 2 heterocycles. The van der Waals surface area contributed by atoms with Gasteiger partial charge in [0.2, 0.25) is 5.91 Å². The van der Waals surface area contributed by atoms with Gasteiger partial charge in [0.15, 0.2) is 0 Å². The quantitative estimate of drug-likeness (QED) is 0.728. The molecule has 0 aliphatic carbocycles. The van der Waals surface area contributed by atoms with Gasteiger partial charge in [-0.2, -0.15) is 0 Å². The lowest BCUT2D eigenvalue weighted by molar-refractivity contribution is -0.119. The molecular formula is C19H23ClN4O3. The van der Waals surface area contributed by atoms with Gasteiger partial charge in [-0.05, 0) is 31.4 Å². The van der Waals surface area contributed by atoms with Crippen molar-refractivity contribution in [1.82, 2.24) is 15.6 Å². The Morgan fingerprint density at radius 1 is 1.44 bits per heavy atom. The van der Waals surface area contributed by atoms with E-state index >= 15 is 0 Å². The van der Waals surface area contributed by atoms with Crippen LogP contribution in [0.3, 0.4) is 0 Å². The average molecular weight is 391 g/mol. The smallest absolute Gasteiger partial charge is 0.405 e. The van der Waals surface area contributed by atoms with E-state index in [1.807, 2.05) is 18.2 Å². The first-order valence-electron chi connectivity index (χ1n) is 8.93. The van der Waals surface area contributed by atoms with Gasteiger partial charge < -0.3 is 20.6 Å². The monoisotopic (exact) mass is 390 g/mol. The van der Waals surface area contributed by atoms with E-state index in [4.69, 9.17) is 21.7 Å². The second-order valence-corrected chi connectivity index (χ2v) is 7.33. The largest absolute Gasteiger partial charge is 0.465 e. The number of benzene rings is 1. The van der Waals surface area contributed by atoms with Crippen molar-refractivity contribution in [1.29, 1.82) is 0 Å². The summed E-state index contributed by atoms with van der Waals surface area (Å²) in [6.07, 6.45) is -0.146. The van der Waals surface area contributed by atoms with Gasteiger partial charge in [-0.1, -0.05) is 23.7 Å². The second-order valence-electron chi connectivity index (χ2n) is 6.92. The minimum absolute atomic E-state index is 0.0379. The Morgan fingerprint density at radius 2 is 2.22 bits per heavy atom. The number of para-hydroxylation sites is 1. The standard InChI is InChI=1S/C19H23ClN4O3/c1-11(22-19(26)27)15-8-14-4-3-5-16(20)17(14)23-18(15)24-7-6-13(10-24)9-21-12(2)25/h3-5,8,11,13,22H,6-7,9-10H2,1-2H3,(H,21,25)(H,26,27)/t11-,13+/m0/s1. The first-order valence-corrected chi connectivity index (χ1v) is 9.31. The summed E-state index contributed by atoms with van der Waals surface area (Å²) >= 11 is 6.33. The number of pyridine rings is 1. The van der Waals surface area contributed by atoms with E-state index in [9.17, 15) is 9.59 Å². The molecule has 0 spiro atoms. The van der Waals surface area contributed by atoms with Gasteiger partial charge in [-0.15, -0.1) is 0 Å². The third kappa shape index (κ3) is 4.42. The molecule has 8 heteroatoms. The van der Waals surface area contributed by atoms with Crippen molar-refractivity contribution in [2.45, 2.75) is 26.3 Å². The second kappa shape index (κ2) is 8.00. The van der Waals surface area contributed by atoms with Gasteiger partial charge in [-0.3, -0.25) is 4.79 Å². The molecule has 1 saturated heterocycles. The topological polar surface area (TPSA) is 94.6 Å². The number of anilines is 1. The molecule has 1 aromatic heterocycles. The number of amides is 2. The zero-order valence-corrected chi connectivity index (χ0v) is 16.1. The Morgan fingerprint density at radius 3 is 2.93 bits per heavy atom. The Bertz CT molecular complexity index is 873. The summed E-state index contributed by atoms with van der Waals surface area (Å²) in [5.74, 6) is 1.03. The number of carboxylic acid groups (broad SMARTS) is 1. The third-order valence-corrected chi connectivity index (χ3v) is 5.14. The number of nitrogens with zero attached hydrogens (tertiary/aromatic N) is 2. The molecule has 7 nitrogen and oxygen atoms in total. The maximum Gasteiger partial charge on any atom is 0.405 e. The van der Waals surface area contributed by atoms with Crippen molar-refractivity contribution < 1.29 is 14.7 Å². The predicted molar refractivity (Wildman–Crippen MR) is 105 cm³/mol. The molecule has 1 fully saturated rings. The molecule has 2 amide bonds. The predicted octanol–water partition coefficient (Wildman–Crippen LogP) is 3.18. The molecule has 3 N–H and O–H groups in total. The molecule has 27 heavy (non-hydrogen) atoms. The Balaban J connectivity index is 1.95. The fourth-order valence-corrected chi connectivity index (χ4v) is 3.71. The van der Waals surface area contributed by atoms with Crippen LogP contribution in [0.2, 0.25) is 5.02 Å². The number of hydrogen-bond acceptors (Lipinski definition) is 4. The number of fused-ring (bicyclic) bond motifs is 1. The molecule has 3 rings (SSSR count). The van der Waals surface area contributed by atoms with Crippen molar-refractivity contribution >= 4 is 40.3 Å². The number of carbonyl (C=O) groups excluding carboxylic acids is 1. The van der Waals surface area contributed by atoms with Crippen molar-refractivity contribution in [3.63, 3.8) is 0 Å². The van der Waals surface area contributed by atoms with Crippen molar-refractivity contribution in [2.75, 3.05) is 24.5 Å². The Kier molecular flexibility index (Phi) is 5.70. The number of rotatable bonds is 5. The first kappa shape index (κ1) is 19.2. The number of aromatic nitrogens is 1. The fourth-order valence-electron chi connectivity index (χ4n) is 3.48. The molecule has 1 aliphatic heterocycles. The lowest BCUT2D eigenvalue weighted by Gasteiger charge is -2.24. The maximum atomic E-state index is 11.2. The summed E-state index contributed by atoms with van der Waals surface area (Å²) in [5.41, 5.74) is 1.51. The number of halogens is 1. The highest BCUT2D eigenvalue weighted by molar-refractivity contribution is 6.35.